The molecule has 1 unspecified atom stereocenters. The van der Waals surface area contributed by atoms with Gasteiger partial charge in [0.15, 0.2) is 12.4 Å². The zero-order valence-corrected chi connectivity index (χ0v) is 13.8. The molecule has 0 saturated heterocycles. The Balaban J connectivity index is 1.77. The van der Waals surface area contributed by atoms with Crippen LogP contribution in [0.4, 0.5) is 0 Å². The summed E-state index contributed by atoms with van der Waals surface area (Å²) in [6, 6.07) is 8.51. The van der Waals surface area contributed by atoms with Gasteiger partial charge in [-0.2, -0.15) is 0 Å². The Labute approximate surface area is 140 Å². The number of tetrazole rings is 1. The van der Waals surface area contributed by atoms with E-state index in [1.165, 1.54) is 0 Å². The van der Waals surface area contributed by atoms with E-state index in [1.807, 2.05) is 13.0 Å². The van der Waals surface area contributed by atoms with Gasteiger partial charge >= 0.3 is 5.97 Å². The number of hydrogen-bond donors (Lipinski definition) is 1. The molecule has 0 spiro atoms. The second-order valence-corrected chi connectivity index (χ2v) is 5.42. The van der Waals surface area contributed by atoms with Gasteiger partial charge in [-0.05, 0) is 35.9 Å². The maximum atomic E-state index is 12.0. The lowest BCUT2D eigenvalue weighted by Crippen LogP contribution is -2.34. The number of amides is 1. The molecule has 2 aromatic rings. The molecule has 8 heteroatoms. The number of nitrogens with zero attached hydrogens (tertiary/aromatic N) is 4. The first-order valence-corrected chi connectivity index (χ1v) is 7.86. The lowest BCUT2D eigenvalue weighted by atomic mass is 10.2. The van der Waals surface area contributed by atoms with Crippen LogP contribution in [-0.2, 0) is 22.7 Å². The van der Waals surface area contributed by atoms with Crippen LogP contribution in [0.1, 0.15) is 42.9 Å². The largest absolute Gasteiger partial charge is 0.457 e. The third-order valence-corrected chi connectivity index (χ3v) is 3.29. The Hall–Kier alpha value is -2.77. The van der Waals surface area contributed by atoms with E-state index in [9.17, 15) is 9.59 Å². The zero-order chi connectivity index (χ0) is 17.4. The summed E-state index contributed by atoms with van der Waals surface area (Å²) < 4.78 is 6.78. The molecule has 0 radical (unpaired) electrons. The molecule has 1 heterocycles. The van der Waals surface area contributed by atoms with Gasteiger partial charge in [-0.3, -0.25) is 9.59 Å². The van der Waals surface area contributed by atoms with E-state index in [4.69, 9.17) is 4.74 Å². The van der Waals surface area contributed by atoms with Gasteiger partial charge in [0.25, 0.3) is 5.91 Å². The molecule has 8 nitrogen and oxygen atoms in total. The Morgan fingerprint density at radius 1 is 1.29 bits per heavy atom. The molecule has 1 amide bonds. The molecule has 1 aromatic carbocycles. The molecule has 1 N–H and O–H groups in total. The maximum Gasteiger partial charge on any atom is 0.308 e. The number of esters is 1. The van der Waals surface area contributed by atoms with Crippen molar-refractivity contribution in [1.29, 1.82) is 0 Å². The number of benzene rings is 1. The fourth-order valence-corrected chi connectivity index (χ4v) is 2.11. The molecular formula is C16H21N5O3. The molecule has 128 valence electrons. The van der Waals surface area contributed by atoms with Crippen molar-refractivity contribution in [3.63, 3.8) is 0 Å². The SMILES string of the molecule is CCCn1nnnc1COC(=O)CC(C)NC(=O)c1ccccc1. The Morgan fingerprint density at radius 3 is 2.75 bits per heavy atom. The smallest absolute Gasteiger partial charge is 0.308 e. The van der Waals surface area contributed by atoms with Crippen LogP contribution in [-0.4, -0.2) is 38.1 Å². The Morgan fingerprint density at radius 2 is 2.04 bits per heavy atom. The highest BCUT2D eigenvalue weighted by Crippen LogP contribution is 2.03. The first-order chi connectivity index (χ1) is 11.6. The van der Waals surface area contributed by atoms with Crippen LogP contribution in [0.5, 0.6) is 0 Å². The normalized spacial score (nSPS) is 11.8. The van der Waals surface area contributed by atoms with Crippen LogP contribution in [0.25, 0.3) is 0 Å². The molecule has 1 aromatic heterocycles. The third kappa shape index (κ3) is 5.15. The van der Waals surface area contributed by atoms with Crippen LogP contribution in [0, 0.1) is 0 Å². The predicted molar refractivity (Wildman–Crippen MR) is 85.9 cm³/mol. The van der Waals surface area contributed by atoms with E-state index in [0.717, 1.165) is 6.42 Å². The summed E-state index contributed by atoms with van der Waals surface area (Å²) in [7, 11) is 0. The Bertz CT molecular complexity index is 671. The lowest BCUT2D eigenvalue weighted by Gasteiger charge is -2.13. The number of rotatable bonds is 8. The molecule has 0 bridgehead atoms. The van der Waals surface area contributed by atoms with Crippen molar-refractivity contribution in [1.82, 2.24) is 25.5 Å². The van der Waals surface area contributed by atoms with E-state index in [-0.39, 0.29) is 25.0 Å². The minimum absolute atomic E-state index is 0.0190. The fourth-order valence-electron chi connectivity index (χ4n) is 2.11. The first kappa shape index (κ1) is 17.6. The number of aryl methyl sites for hydroxylation is 1. The number of hydrogen-bond acceptors (Lipinski definition) is 6. The van der Waals surface area contributed by atoms with E-state index in [0.29, 0.717) is 17.9 Å². The molecule has 0 aliphatic rings. The monoisotopic (exact) mass is 331 g/mol. The van der Waals surface area contributed by atoms with Crippen LogP contribution in [0.2, 0.25) is 0 Å². The van der Waals surface area contributed by atoms with Crippen molar-refractivity contribution >= 4 is 11.9 Å². The molecule has 1 atom stereocenters. The summed E-state index contributed by atoms with van der Waals surface area (Å²) in [5, 5.41) is 14.0. The quantitative estimate of drug-likeness (QED) is 0.733. The van der Waals surface area contributed by atoms with Gasteiger partial charge in [0.05, 0.1) is 6.42 Å². The number of ether oxygens (including phenoxy) is 1. The maximum absolute atomic E-state index is 12.0. The van der Waals surface area contributed by atoms with E-state index in [2.05, 4.69) is 20.8 Å². The highest BCUT2D eigenvalue weighted by molar-refractivity contribution is 5.94. The number of aromatic nitrogens is 4. The third-order valence-electron chi connectivity index (χ3n) is 3.29. The topological polar surface area (TPSA) is 99.0 Å². The van der Waals surface area contributed by atoms with E-state index >= 15 is 0 Å². The minimum atomic E-state index is -0.415. The van der Waals surface area contributed by atoms with Crippen LogP contribution < -0.4 is 5.32 Å². The van der Waals surface area contributed by atoms with Gasteiger partial charge in [-0.25, -0.2) is 4.68 Å². The van der Waals surface area contributed by atoms with Crippen LogP contribution >= 0.6 is 0 Å². The van der Waals surface area contributed by atoms with Crippen LogP contribution in [0.3, 0.4) is 0 Å². The van der Waals surface area contributed by atoms with Crippen molar-refractivity contribution in [3.8, 4) is 0 Å². The van der Waals surface area contributed by atoms with Crippen molar-refractivity contribution in [2.24, 2.45) is 0 Å². The molecule has 0 aliphatic heterocycles. The number of carbonyl (C=O) groups excluding carboxylic acids is 2. The van der Waals surface area contributed by atoms with E-state index < -0.39 is 5.97 Å². The summed E-state index contributed by atoms with van der Waals surface area (Å²) >= 11 is 0. The molecule has 0 saturated carbocycles. The van der Waals surface area contributed by atoms with Gasteiger partial charge in [0, 0.05) is 18.2 Å². The minimum Gasteiger partial charge on any atom is -0.457 e. The first-order valence-electron chi connectivity index (χ1n) is 7.86. The van der Waals surface area contributed by atoms with E-state index in [1.54, 1.807) is 35.9 Å². The summed E-state index contributed by atoms with van der Waals surface area (Å²) in [6.45, 7) is 4.45. The highest BCUT2D eigenvalue weighted by Gasteiger charge is 2.15. The standard InChI is InChI=1S/C16H21N5O3/c1-3-9-21-14(18-19-20-21)11-24-15(22)10-12(2)17-16(23)13-7-5-4-6-8-13/h4-8,12H,3,9-11H2,1-2H3,(H,17,23). The van der Waals surface area contributed by atoms with Crippen molar-refractivity contribution < 1.29 is 14.3 Å². The van der Waals surface area contributed by atoms with Gasteiger partial charge in [0.1, 0.15) is 0 Å². The van der Waals surface area contributed by atoms with Gasteiger partial charge in [-0.1, -0.05) is 25.1 Å². The van der Waals surface area contributed by atoms with Gasteiger partial charge in [0.2, 0.25) is 0 Å². The van der Waals surface area contributed by atoms with Crippen molar-refractivity contribution in [2.45, 2.75) is 45.9 Å². The number of nitrogens with one attached hydrogen (secondary N) is 1. The predicted octanol–water partition coefficient (Wildman–Crippen LogP) is 1.33. The Kier molecular flexibility index (Phi) is 6.41. The average molecular weight is 331 g/mol. The number of carbonyl (C=O) groups is 2. The second kappa shape index (κ2) is 8.76. The summed E-state index contributed by atoms with van der Waals surface area (Å²) in [4.78, 5) is 23.9. The lowest BCUT2D eigenvalue weighted by molar-refractivity contribution is -0.145. The molecular weight excluding hydrogens is 310 g/mol. The molecule has 0 aliphatic carbocycles. The van der Waals surface area contributed by atoms with Crippen molar-refractivity contribution in [3.05, 3.63) is 41.7 Å². The summed E-state index contributed by atoms with van der Waals surface area (Å²) in [5.74, 6) is -0.129. The summed E-state index contributed by atoms with van der Waals surface area (Å²) in [5.41, 5.74) is 0.552. The van der Waals surface area contributed by atoms with Gasteiger partial charge < -0.3 is 10.1 Å². The van der Waals surface area contributed by atoms with Crippen LogP contribution in [0.15, 0.2) is 30.3 Å². The zero-order valence-electron chi connectivity index (χ0n) is 13.8. The van der Waals surface area contributed by atoms with Crippen molar-refractivity contribution in [2.75, 3.05) is 0 Å². The molecule has 24 heavy (non-hydrogen) atoms. The average Bonchev–Trinajstić information content (AvgIpc) is 3.01. The summed E-state index contributed by atoms with van der Waals surface area (Å²) in [6.07, 6.45) is 0.961. The highest BCUT2D eigenvalue weighted by atomic mass is 16.5. The molecule has 2 rings (SSSR count). The van der Waals surface area contributed by atoms with Gasteiger partial charge in [-0.15, -0.1) is 5.10 Å². The molecule has 0 fully saturated rings. The fraction of sp³-hybridized carbons (Fsp3) is 0.438. The second-order valence-electron chi connectivity index (χ2n) is 5.42.